The van der Waals surface area contributed by atoms with Crippen molar-refractivity contribution in [2.45, 2.75) is 26.4 Å². The molecule has 0 aliphatic carbocycles. The van der Waals surface area contributed by atoms with Crippen molar-refractivity contribution in [3.8, 4) is 11.5 Å². The van der Waals surface area contributed by atoms with E-state index >= 15 is 0 Å². The van der Waals surface area contributed by atoms with Gasteiger partial charge in [-0.25, -0.2) is 0 Å². The summed E-state index contributed by atoms with van der Waals surface area (Å²) in [4.78, 5) is 16.4. The number of carbonyl (C=O) groups is 1. The summed E-state index contributed by atoms with van der Waals surface area (Å²) in [6.45, 7) is 6.03. The van der Waals surface area contributed by atoms with Crippen molar-refractivity contribution in [3.05, 3.63) is 78.0 Å². The van der Waals surface area contributed by atoms with Crippen LogP contribution in [0.25, 0.3) is 22.4 Å². The number of likely N-dealkylation sites (tertiary alicyclic amines) is 1. The van der Waals surface area contributed by atoms with Crippen molar-refractivity contribution < 1.29 is 9.21 Å². The molecule has 0 bridgehead atoms. The molecule has 1 amide bonds. The number of furan rings is 1. The van der Waals surface area contributed by atoms with E-state index in [1.807, 2.05) is 40.8 Å². The van der Waals surface area contributed by atoms with E-state index in [9.17, 15) is 4.79 Å². The molecule has 0 N–H and O–H groups in total. The van der Waals surface area contributed by atoms with E-state index in [2.05, 4.69) is 54.5 Å². The Labute approximate surface area is 194 Å². The molecule has 1 aliphatic heterocycles. The summed E-state index contributed by atoms with van der Waals surface area (Å²) in [7, 11) is 2.12. The highest BCUT2D eigenvalue weighted by Gasteiger charge is 2.29. The molecule has 6 heteroatoms. The minimum Gasteiger partial charge on any atom is -0.454 e. The van der Waals surface area contributed by atoms with Crippen LogP contribution in [0, 0.1) is 5.92 Å². The Bertz CT molecular complexity index is 1210. The molecule has 1 unspecified atom stereocenters. The van der Waals surface area contributed by atoms with Gasteiger partial charge in [-0.15, -0.1) is 0 Å². The summed E-state index contributed by atoms with van der Waals surface area (Å²) < 4.78 is 8.17. The fourth-order valence-corrected chi connectivity index (χ4v) is 4.81. The van der Waals surface area contributed by atoms with Crippen LogP contribution < -0.4 is 0 Å². The van der Waals surface area contributed by atoms with Crippen LogP contribution in [0.5, 0.6) is 0 Å². The molecule has 3 heterocycles. The van der Waals surface area contributed by atoms with Gasteiger partial charge in [0.15, 0.2) is 5.76 Å². The van der Waals surface area contributed by atoms with Gasteiger partial charge in [0.25, 0.3) is 0 Å². The van der Waals surface area contributed by atoms with Gasteiger partial charge in [0, 0.05) is 49.7 Å². The summed E-state index contributed by atoms with van der Waals surface area (Å²) in [5.41, 5.74) is 4.09. The molecule has 1 fully saturated rings. The molecule has 1 atom stereocenters. The summed E-state index contributed by atoms with van der Waals surface area (Å²) in [5.74, 6) is 1.44. The first-order chi connectivity index (χ1) is 16.1. The topological polar surface area (TPSA) is 54.5 Å². The van der Waals surface area contributed by atoms with Crippen LogP contribution in [-0.4, -0.2) is 52.2 Å². The molecule has 4 aromatic rings. The second kappa shape index (κ2) is 9.24. The van der Waals surface area contributed by atoms with Crippen molar-refractivity contribution in [2.24, 2.45) is 5.92 Å². The van der Waals surface area contributed by atoms with Gasteiger partial charge in [-0.1, -0.05) is 48.5 Å². The van der Waals surface area contributed by atoms with Crippen LogP contribution in [0.2, 0.25) is 0 Å². The maximum Gasteiger partial charge on any atom is 0.222 e. The normalized spacial score (nSPS) is 16.4. The third-order valence-electron chi connectivity index (χ3n) is 6.37. The van der Waals surface area contributed by atoms with Crippen LogP contribution in [0.1, 0.15) is 24.5 Å². The Balaban J connectivity index is 1.40. The number of aromatic nitrogens is 2. The van der Waals surface area contributed by atoms with Gasteiger partial charge in [0.1, 0.15) is 11.3 Å². The zero-order valence-electron chi connectivity index (χ0n) is 19.3. The predicted octanol–water partition coefficient (Wildman–Crippen LogP) is 4.64. The zero-order valence-corrected chi connectivity index (χ0v) is 19.3. The van der Waals surface area contributed by atoms with Crippen LogP contribution in [-0.2, 0) is 17.9 Å². The first-order valence-electron chi connectivity index (χ1n) is 11.6. The monoisotopic (exact) mass is 442 g/mol. The lowest BCUT2D eigenvalue weighted by Crippen LogP contribution is -2.28. The summed E-state index contributed by atoms with van der Waals surface area (Å²) >= 11 is 0. The summed E-state index contributed by atoms with van der Waals surface area (Å²) in [5, 5.41) is 6.00. The van der Waals surface area contributed by atoms with E-state index in [0.717, 1.165) is 54.2 Å². The quantitative estimate of drug-likeness (QED) is 0.399. The Hall–Kier alpha value is -3.38. The summed E-state index contributed by atoms with van der Waals surface area (Å²) in [6.07, 6.45) is 2.77. The number of amides is 1. The third kappa shape index (κ3) is 4.71. The van der Waals surface area contributed by atoms with E-state index in [-0.39, 0.29) is 5.91 Å². The number of carbonyl (C=O) groups excluding carboxylic acids is 1. The minimum absolute atomic E-state index is 0.273. The predicted molar refractivity (Wildman–Crippen MR) is 130 cm³/mol. The highest BCUT2D eigenvalue weighted by Crippen LogP contribution is 2.30. The van der Waals surface area contributed by atoms with Crippen LogP contribution in [0.15, 0.2) is 71.3 Å². The molecule has 0 saturated carbocycles. The fraction of sp³-hybridized carbons (Fsp3) is 0.333. The van der Waals surface area contributed by atoms with Crippen molar-refractivity contribution >= 4 is 16.9 Å². The molecule has 1 aliphatic rings. The number of rotatable bonds is 8. The first-order valence-corrected chi connectivity index (χ1v) is 11.6. The summed E-state index contributed by atoms with van der Waals surface area (Å²) in [6, 6.07) is 20.5. The van der Waals surface area contributed by atoms with Crippen molar-refractivity contribution in [1.82, 2.24) is 19.6 Å². The lowest BCUT2D eigenvalue weighted by Gasteiger charge is -2.20. The molecular formula is C27H30N4O2. The third-order valence-corrected chi connectivity index (χ3v) is 6.37. The van der Waals surface area contributed by atoms with Gasteiger partial charge in [-0.3, -0.25) is 9.48 Å². The molecule has 1 saturated heterocycles. The van der Waals surface area contributed by atoms with Gasteiger partial charge in [0.05, 0.1) is 6.54 Å². The number of benzene rings is 2. The number of para-hydroxylation sites is 1. The van der Waals surface area contributed by atoms with Gasteiger partial charge in [-0.2, -0.15) is 5.10 Å². The Kier molecular flexibility index (Phi) is 6.01. The van der Waals surface area contributed by atoms with Gasteiger partial charge in [0.2, 0.25) is 5.91 Å². The van der Waals surface area contributed by atoms with Gasteiger partial charge >= 0.3 is 0 Å². The maximum absolute atomic E-state index is 12.1. The van der Waals surface area contributed by atoms with Crippen molar-refractivity contribution in [3.63, 3.8) is 0 Å². The second-order valence-electron chi connectivity index (χ2n) is 9.03. The average molecular weight is 443 g/mol. The molecule has 33 heavy (non-hydrogen) atoms. The second-order valence-corrected chi connectivity index (χ2v) is 9.03. The van der Waals surface area contributed by atoms with E-state index in [1.165, 1.54) is 5.56 Å². The Morgan fingerprint density at radius 3 is 2.67 bits per heavy atom. The number of nitrogens with zero attached hydrogens (tertiary/aromatic N) is 4. The Morgan fingerprint density at radius 2 is 1.91 bits per heavy atom. The highest BCUT2D eigenvalue weighted by atomic mass is 16.3. The van der Waals surface area contributed by atoms with Crippen LogP contribution in [0.4, 0.5) is 0 Å². The lowest BCUT2D eigenvalue weighted by atomic mass is 10.1. The molecule has 5 rings (SSSR count). The van der Waals surface area contributed by atoms with Crippen molar-refractivity contribution in [1.29, 1.82) is 0 Å². The largest absolute Gasteiger partial charge is 0.454 e. The number of hydrogen-bond acceptors (Lipinski definition) is 4. The van der Waals surface area contributed by atoms with E-state index in [1.54, 1.807) is 0 Å². The van der Waals surface area contributed by atoms with Crippen LogP contribution in [0.3, 0.4) is 0 Å². The number of fused-ring (bicyclic) bond motifs is 1. The maximum atomic E-state index is 12.1. The smallest absolute Gasteiger partial charge is 0.222 e. The number of hydrogen-bond donors (Lipinski definition) is 0. The van der Waals surface area contributed by atoms with E-state index in [0.29, 0.717) is 18.9 Å². The zero-order chi connectivity index (χ0) is 22.8. The SMILES string of the molecule is CCN1CC(CN(C)Cc2cn(Cc3ccccc3)nc2-c2cc3ccccc3o2)CC1=O. The average Bonchev–Trinajstić information content (AvgIpc) is 3.50. The highest BCUT2D eigenvalue weighted by molar-refractivity contribution is 5.82. The van der Waals surface area contributed by atoms with Crippen molar-refractivity contribution in [2.75, 3.05) is 26.7 Å². The fourth-order valence-electron chi connectivity index (χ4n) is 4.81. The van der Waals surface area contributed by atoms with Gasteiger partial charge in [-0.05, 0) is 37.6 Å². The molecule has 0 spiro atoms. The first kappa shape index (κ1) is 21.5. The lowest BCUT2D eigenvalue weighted by molar-refractivity contribution is -0.127. The standard InChI is InChI=1S/C27H30N4O2/c1-3-30-16-21(13-26(30)32)15-29(2)18-23-19-31(17-20-9-5-4-6-10-20)28-27(23)25-14-22-11-7-8-12-24(22)33-25/h4-12,14,19,21H,3,13,15-18H2,1-2H3. The van der Waals surface area contributed by atoms with Gasteiger partial charge < -0.3 is 14.2 Å². The molecule has 2 aromatic carbocycles. The van der Waals surface area contributed by atoms with E-state index < -0.39 is 0 Å². The molecule has 170 valence electrons. The molecular weight excluding hydrogens is 412 g/mol. The Morgan fingerprint density at radius 1 is 1.12 bits per heavy atom. The van der Waals surface area contributed by atoms with E-state index in [4.69, 9.17) is 9.52 Å². The van der Waals surface area contributed by atoms with Crippen LogP contribution >= 0.6 is 0 Å². The molecule has 0 radical (unpaired) electrons. The minimum atomic E-state index is 0.273. The molecule has 2 aromatic heterocycles. The molecule has 6 nitrogen and oxygen atoms in total.